The molecule has 4 unspecified atom stereocenters. The molecule has 4 atom stereocenters. The molecule has 188 valence electrons. The Bertz CT molecular complexity index is 697. The lowest BCUT2D eigenvalue weighted by atomic mass is 9.86. The third-order valence-electron chi connectivity index (χ3n) is 5.57. The Hall–Kier alpha value is -1.55. The van der Waals surface area contributed by atoms with Gasteiger partial charge in [0.05, 0.1) is 37.1 Å². The van der Waals surface area contributed by atoms with Crippen LogP contribution in [0.3, 0.4) is 0 Å². The lowest BCUT2D eigenvalue weighted by molar-refractivity contribution is -0.187. The highest BCUT2D eigenvalue weighted by atomic mass is 16.7. The summed E-state index contributed by atoms with van der Waals surface area (Å²) in [5.41, 5.74) is 1.07. The number of amides is 1. The van der Waals surface area contributed by atoms with Crippen molar-refractivity contribution in [1.82, 2.24) is 10.6 Å². The predicted octanol–water partition coefficient (Wildman–Crippen LogP) is 2.79. The van der Waals surface area contributed by atoms with Crippen molar-refractivity contribution in [3.05, 3.63) is 36.0 Å². The van der Waals surface area contributed by atoms with Crippen LogP contribution >= 0.6 is 0 Å². The van der Waals surface area contributed by atoms with Crippen LogP contribution in [-0.2, 0) is 23.7 Å². The third-order valence-corrected chi connectivity index (χ3v) is 5.57. The van der Waals surface area contributed by atoms with Gasteiger partial charge in [-0.2, -0.15) is 0 Å². The fourth-order valence-corrected chi connectivity index (χ4v) is 4.10. The number of nitrogens with one attached hydrogen (secondary N) is 2. The van der Waals surface area contributed by atoms with Crippen LogP contribution in [0.15, 0.2) is 36.0 Å². The Balaban J connectivity index is 1.69. The molecule has 0 saturated carbocycles. The van der Waals surface area contributed by atoms with Gasteiger partial charge in [-0.3, -0.25) is 10.1 Å². The number of carbonyl (C=O) groups is 1. The molecular weight excluding hydrogens is 424 g/mol. The zero-order chi connectivity index (χ0) is 24.4. The first-order valence-corrected chi connectivity index (χ1v) is 11.8. The van der Waals surface area contributed by atoms with E-state index < -0.39 is 12.5 Å². The van der Waals surface area contributed by atoms with E-state index in [1.54, 1.807) is 20.0 Å². The largest absolute Gasteiger partial charge is 0.368 e. The van der Waals surface area contributed by atoms with Gasteiger partial charge in [-0.1, -0.05) is 36.8 Å². The number of aliphatic hydroxyl groups excluding tert-OH is 1. The van der Waals surface area contributed by atoms with Crippen LogP contribution in [0.2, 0.25) is 0 Å². The first kappa shape index (κ1) is 27.7. The van der Waals surface area contributed by atoms with Gasteiger partial charge in [0.25, 0.3) is 0 Å². The summed E-state index contributed by atoms with van der Waals surface area (Å²) in [7, 11) is 1.57. The van der Waals surface area contributed by atoms with Crippen molar-refractivity contribution in [2.45, 2.75) is 90.4 Å². The molecule has 0 aromatic rings. The van der Waals surface area contributed by atoms with Crippen LogP contribution in [0.25, 0.3) is 0 Å². The number of allylic oxidation sites excluding steroid dienone is 2. The summed E-state index contributed by atoms with van der Waals surface area (Å²) in [4.78, 5) is 12.1. The van der Waals surface area contributed by atoms with Crippen LogP contribution in [0.4, 0.5) is 0 Å². The van der Waals surface area contributed by atoms with Gasteiger partial charge < -0.3 is 29.4 Å². The zero-order valence-electron chi connectivity index (χ0n) is 20.9. The van der Waals surface area contributed by atoms with Crippen molar-refractivity contribution in [3.8, 4) is 0 Å². The predicted molar refractivity (Wildman–Crippen MR) is 127 cm³/mol. The number of aliphatic hydroxyl groups is 1. The standard InChI is InChI=1S/C25H42N2O6/c1-17(7-10-21-13-18(2)14-25(4,5)33-21)8-12-23-30-15-20(16-31-23)27-22(28)11-9-19(3)32-24(29)26-6/h7-11,18-21,23-24,26,29H,12-16H2,1-6H3,(H,27,28). The van der Waals surface area contributed by atoms with Gasteiger partial charge in [0, 0.05) is 12.5 Å². The minimum Gasteiger partial charge on any atom is -0.368 e. The van der Waals surface area contributed by atoms with Crippen LogP contribution in [0.5, 0.6) is 0 Å². The maximum atomic E-state index is 12.1. The van der Waals surface area contributed by atoms with Gasteiger partial charge in [-0.25, -0.2) is 0 Å². The van der Waals surface area contributed by atoms with Gasteiger partial charge >= 0.3 is 0 Å². The SMILES string of the molecule is CNC(O)OC(C)C=CC(=O)NC1COC(CC=C(C)C=CC2CC(C)CC(C)(C)O2)OC1. The van der Waals surface area contributed by atoms with Crippen molar-refractivity contribution >= 4 is 5.91 Å². The first-order chi connectivity index (χ1) is 15.6. The van der Waals surface area contributed by atoms with Crippen molar-refractivity contribution in [3.63, 3.8) is 0 Å². The van der Waals surface area contributed by atoms with Gasteiger partial charge in [0.1, 0.15) is 0 Å². The molecule has 1 amide bonds. The zero-order valence-corrected chi connectivity index (χ0v) is 20.9. The molecule has 33 heavy (non-hydrogen) atoms. The summed E-state index contributed by atoms with van der Waals surface area (Å²) in [5, 5.41) is 14.8. The summed E-state index contributed by atoms with van der Waals surface area (Å²) in [6.07, 6.45) is 10.4. The second-order valence-corrected chi connectivity index (χ2v) is 9.65. The van der Waals surface area contributed by atoms with Gasteiger partial charge in [0.2, 0.25) is 12.3 Å². The minimum atomic E-state index is -1.07. The molecule has 2 rings (SSSR count). The normalized spacial score (nSPS) is 30.5. The lowest BCUT2D eigenvalue weighted by Crippen LogP contribution is -2.46. The molecule has 2 heterocycles. The quantitative estimate of drug-likeness (QED) is 0.259. The average Bonchev–Trinajstić information content (AvgIpc) is 2.74. The smallest absolute Gasteiger partial charge is 0.244 e. The van der Waals surface area contributed by atoms with E-state index in [0.717, 1.165) is 18.4 Å². The van der Waals surface area contributed by atoms with E-state index in [9.17, 15) is 9.90 Å². The third kappa shape index (κ3) is 10.9. The molecule has 0 bridgehead atoms. The van der Waals surface area contributed by atoms with E-state index in [1.165, 1.54) is 6.08 Å². The Morgan fingerprint density at radius 3 is 2.61 bits per heavy atom. The molecule has 0 aromatic heterocycles. The fraction of sp³-hybridized carbons (Fsp3) is 0.720. The highest BCUT2D eigenvalue weighted by Gasteiger charge is 2.31. The van der Waals surface area contributed by atoms with Crippen LogP contribution in [-0.4, -0.2) is 67.8 Å². The van der Waals surface area contributed by atoms with Gasteiger partial charge in [-0.15, -0.1) is 0 Å². The number of ether oxygens (including phenoxy) is 4. The van der Waals surface area contributed by atoms with Crippen LogP contribution < -0.4 is 10.6 Å². The Morgan fingerprint density at radius 1 is 1.27 bits per heavy atom. The highest BCUT2D eigenvalue weighted by molar-refractivity contribution is 5.87. The van der Waals surface area contributed by atoms with Crippen LogP contribution in [0, 0.1) is 5.92 Å². The van der Waals surface area contributed by atoms with E-state index in [4.69, 9.17) is 18.9 Å². The summed E-state index contributed by atoms with van der Waals surface area (Å²) < 4.78 is 22.8. The molecule has 3 N–H and O–H groups in total. The maximum Gasteiger partial charge on any atom is 0.244 e. The first-order valence-electron chi connectivity index (χ1n) is 11.8. The topological polar surface area (TPSA) is 98.3 Å². The summed E-state index contributed by atoms with van der Waals surface area (Å²) in [6.45, 7) is 11.2. The number of hydrogen-bond donors (Lipinski definition) is 3. The van der Waals surface area contributed by atoms with E-state index in [1.807, 2.05) is 0 Å². The number of hydrogen-bond acceptors (Lipinski definition) is 7. The molecule has 2 saturated heterocycles. The second-order valence-electron chi connectivity index (χ2n) is 9.65. The van der Waals surface area contributed by atoms with E-state index in [0.29, 0.717) is 25.6 Å². The molecule has 2 aliphatic rings. The maximum absolute atomic E-state index is 12.1. The molecule has 0 aliphatic carbocycles. The van der Waals surface area contributed by atoms with Gasteiger partial charge in [0.15, 0.2) is 6.29 Å². The fourth-order valence-electron chi connectivity index (χ4n) is 4.10. The Labute approximate surface area is 198 Å². The van der Waals surface area contributed by atoms with Crippen LogP contribution in [0.1, 0.15) is 53.9 Å². The van der Waals surface area contributed by atoms with Crippen molar-refractivity contribution in [2.24, 2.45) is 5.92 Å². The molecule has 8 nitrogen and oxygen atoms in total. The molecule has 8 heteroatoms. The molecular formula is C25H42N2O6. The van der Waals surface area contributed by atoms with Gasteiger partial charge in [-0.05, 0) is 53.5 Å². The molecule has 2 fully saturated rings. The van der Waals surface area contributed by atoms with E-state index in [2.05, 4.69) is 56.6 Å². The summed E-state index contributed by atoms with van der Waals surface area (Å²) >= 11 is 0. The second kappa shape index (κ2) is 13.4. The summed E-state index contributed by atoms with van der Waals surface area (Å²) in [5.74, 6) is 0.395. The molecule has 0 spiro atoms. The van der Waals surface area contributed by atoms with Crippen molar-refractivity contribution in [2.75, 3.05) is 20.3 Å². The number of carbonyl (C=O) groups excluding carboxylic acids is 1. The van der Waals surface area contributed by atoms with Crippen molar-refractivity contribution in [1.29, 1.82) is 0 Å². The molecule has 2 aliphatic heterocycles. The summed E-state index contributed by atoms with van der Waals surface area (Å²) in [6, 6.07) is -0.212. The minimum absolute atomic E-state index is 0.0725. The average molecular weight is 467 g/mol. The molecule has 0 radical (unpaired) electrons. The lowest BCUT2D eigenvalue weighted by Gasteiger charge is -2.38. The monoisotopic (exact) mass is 466 g/mol. The Kier molecular flexibility index (Phi) is 11.2. The molecule has 0 aromatic carbocycles. The Morgan fingerprint density at radius 2 is 1.97 bits per heavy atom. The van der Waals surface area contributed by atoms with E-state index in [-0.39, 0.29) is 29.9 Å². The van der Waals surface area contributed by atoms with E-state index >= 15 is 0 Å². The number of rotatable bonds is 10. The van der Waals surface area contributed by atoms with Crippen molar-refractivity contribution < 1.29 is 28.8 Å². The highest BCUT2D eigenvalue weighted by Crippen LogP contribution is 2.32.